The van der Waals surface area contributed by atoms with Crippen LogP contribution in [0, 0.1) is 0 Å². The first-order valence-electron chi connectivity index (χ1n) is 7.17. The van der Waals surface area contributed by atoms with Gasteiger partial charge in [0.05, 0.1) is 11.7 Å². The Kier molecular flexibility index (Phi) is 4.42. The molecule has 1 fully saturated rings. The monoisotopic (exact) mass is 279 g/mol. The van der Waals surface area contributed by atoms with E-state index in [2.05, 4.69) is 22.2 Å². The number of aromatic carboxylic acids is 1. The zero-order valence-corrected chi connectivity index (χ0v) is 11.7. The van der Waals surface area contributed by atoms with Gasteiger partial charge < -0.3 is 15.4 Å². The van der Waals surface area contributed by atoms with E-state index < -0.39 is 11.5 Å². The molecule has 1 aromatic heterocycles. The van der Waals surface area contributed by atoms with Crippen LogP contribution >= 0.6 is 0 Å². The number of hydrogen-bond acceptors (Lipinski definition) is 3. The van der Waals surface area contributed by atoms with Gasteiger partial charge in [-0.3, -0.25) is 4.79 Å². The first kappa shape index (κ1) is 14.6. The number of hydrogen-bond donors (Lipinski definition) is 3. The summed E-state index contributed by atoms with van der Waals surface area (Å²) in [5.74, 6) is -0.455. The minimum Gasteiger partial charge on any atom is -0.477 e. The van der Waals surface area contributed by atoms with Crippen molar-refractivity contribution >= 4 is 11.9 Å². The number of nitrogens with zero attached hydrogens (tertiary/aromatic N) is 1. The molecule has 1 saturated carbocycles. The molecule has 1 amide bonds. The Morgan fingerprint density at radius 3 is 2.70 bits per heavy atom. The molecule has 110 valence electrons. The quantitative estimate of drug-likeness (QED) is 0.667. The normalized spacial score (nSPS) is 16.4. The molecule has 0 aliphatic heterocycles. The van der Waals surface area contributed by atoms with Crippen LogP contribution < -0.4 is 5.32 Å². The van der Waals surface area contributed by atoms with Gasteiger partial charge in [-0.05, 0) is 25.7 Å². The number of rotatable bonds is 7. The Hall–Kier alpha value is -1.85. The second-order valence-corrected chi connectivity index (χ2v) is 5.39. The predicted molar refractivity (Wildman–Crippen MR) is 73.4 cm³/mol. The third-order valence-electron chi connectivity index (χ3n) is 3.85. The van der Waals surface area contributed by atoms with Crippen molar-refractivity contribution in [2.75, 3.05) is 0 Å². The molecule has 1 heterocycles. The molecule has 1 aromatic rings. The van der Waals surface area contributed by atoms with E-state index in [4.69, 9.17) is 5.11 Å². The molecular weight excluding hydrogens is 258 g/mol. The maximum Gasteiger partial charge on any atom is 0.353 e. The zero-order chi connectivity index (χ0) is 14.6. The van der Waals surface area contributed by atoms with Crippen molar-refractivity contribution in [3.05, 3.63) is 17.7 Å². The van der Waals surface area contributed by atoms with Crippen molar-refractivity contribution in [1.82, 2.24) is 15.3 Å². The van der Waals surface area contributed by atoms with Crippen LogP contribution in [-0.4, -0.2) is 27.0 Å². The minimum absolute atomic E-state index is 0.0198. The lowest BCUT2D eigenvalue weighted by molar-refractivity contribution is -0.124. The molecule has 1 aliphatic rings. The lowest BCUT2D eigenvalue weighted by Gasteiger charge is -2.40. The number of carboxylic acids is 1. The van der Waals surface area contributed by atoms with E-state index >= 15 is 0 Å². The maximum atomic E-state index is 12.0. The van der Waals surface area contributed by atoms with E-state index in [1.54, 1.807) is 0 Å². The van der Waals surface area contributed by atoms with Gasteiger partial charge in [0, 0.05) is 6.42 Å². The number of carbonyl (C=O) groups is 2. The Morgan fingerprint density at radius 2 is 2.20 bits per heavy atom. The molecule has 20 heavy (non-hydrogen) atoms. The van der Waals surface area contributed by atoms with E-state index in [1.807, 2.05) is 0 Å². The van der Waals surface area contributed by atoms with Crippen LogP contribution in [0.15, 0.2) is 6.20 Å². The average molecular weight is 279 g/mol. The Labute approximate surface area is 118 Å². The predicted octanol–water partition coefficient (Wildman–Crippen LogP) is 2.18. The summed E-state index contributed by atoms with van der Waals surface area (Å²) in [4.78, 5) is 29.8. The highest BCUT2D eigenvalue weighted by Crippen LogP contribution is 2.39. The van der Waals surface area contributed by atoms with Gasteiger partial charge in [-0.25, -0.2) is 9.78 Å². The summed E-state index contributed by atoms with van der Waals surface area (Å²) in [5.41, 5.74) is -0.428. The number of amides is 1. The molecule has 1 aliphatic carbocycles. The molecule has 6 heteroatoms. The maximum absolute atomic E-state index is 12.0. The van der Waals surface area contributed by atoms with Crippen molar-refractivity contribution in [2.24, 2.45) is 0 Å². The summed E-state index contributed by atoms with van der Waals surface area (Å²) in [6.07, 6.45) is 7.46. The lowest BCUT2D eigenvalue weighted by Crippen LogP contribution is -2.51. The molecule has 3 N–H and O–H groups in total. The summed E-state index contributed by atoms with van der Waals surface area (Å²) >= 11 is 0. The number of carboxylic acid groups (broad SMARTS) is 1. The molecule has 0 bridgehead atoms. The van der Waals surface area contributed by atoms with Crippen molar-refractivity contribution in [3.63, 3.8) is 0 Å². The third-order valence-corrected chi connectivity index (χ3v) is 3.85. The number of nitrogens with one attached hydrogen (secondary N) is 2. The van der Waals surface area contributed by atoms with Crippen molar-refractivity contribution in [1.29, 1.82) is 0 Å². The second kappa shape index (κ2) is 6.07. The van der Waals surface area contributed by atoms with Crippen LogP contribution in [0.4, 0.5) is 0 Å². The fraction of sp³-hybridized carbons (Fsp3) is 0.643. The standard InChI is InChI=1S/C14H21N3O3/c1-2-3-4-6-11(18)17-14(7-5-8-14)13-15-9-10(16-13)12(19)20/h9H,2-8H2,1H3,(H,15,16)(H,17,18)(H,19,20). The molecule has 0 radical (unpaired) electrons. The van der Waals surface area contributed by atoms with E-state index in [-0.39, 0.29) is 11.6 Å². The second-order valence-electron chi connectivity index (χ2n) is 5.39. The Bertz CT molecular complexity index is 492. The van der Waals surface area contributed by atoms with Gasteiger partial charge in [0.15, 0.2) is 0 Å². The summed E-state index contributed by atoms with van der Waals surface area (Å²) in [6, 6.07) is 0. The highest BCUT2D eigenvalue weighted by molar-refractivity contribution is 5.85. The average Bonchev–Trinajstić information content (AvgIpc) is 2.84. The number of imidazole rings is 1. The fourth-order valence-electron chi connectivity index (χ4n) is 2.49. The van der Waals surface area contributed by atoms with E-state index in [1.165, 1.54) is 6.20 Å². The molecule has 0 aromatic carbocycles. The van der Waals surface area contributed by atoms with Crippen LogP contribution in [0.1, 0.15) is 68.2 Å². The highest BCUT2D eigenvalue weighted by Gasteiger charge is 2.42. The number of aromatic amines is 1. The Balaban J connectivity index is 2.01. The van der Waals surface area contributed by atoms with Crippen LogP contribution in [0.25, 0.3) is 0 Å². The first-order chi connectivity index (χ1) is 9.57. The summed E-state index contributed by atoms with van der Waals surface area (Å²) in [6.45, 7) is 2.10. The zero-order valence-electron chi connectivity index (χ0n) is 11.7. The number of H-pyrrole nitrogens is 1. The summed E-state index contributed by atoms with van der Waals surface area (Å²) in [5, 5.41) is 12.0. The molecule has 2 rings (SSSR count). The van der Waals surface area contributed by atoms with Gasteiger partial charge in [-0.15, -0.1) is 0 Å². The molecule has 0 unspecified atom stereocenters. The molecule has 6 nitrogen and oxygen atoms in total. The third kappa shape index (κ3) is 3.00. The molecule has 0 atom stereocenters. The van der Waals surface area contributed by atoms with Gasteiger partial charge in [0.25, 0.3) is 0 Å². The van der Waals surface area contributed by atoms with Crippen LogP contribution in [-0.2, 0) is 10.3 Å². The summed E-state index contributed by atoms with van der Waals surface area (Å²) in [7, 11) is 0. The van der Waals surface area contributed by atoms with Crippen molar-refractivity contribution in [3.8, 4) is 0 Å². The van der Waals surface area contributed by atoms with Gasteiger partial charge in [-0.2, -0.15) is 0 Å². The van der Waals surface area contributed by atoms with Crippen molar-refractivity contribution < 1.29 is 14.7 Å². The minimum atomic E-state index is -1.03. The lowest BCUT2D eigenvalue weighted by atomic mass is 9.76. The van der Waals surface area contributed by atoms with E-state index in [0.717, 1.165) is 38.5 Å². The van der Waals surface area contributed by atoms with Crippen molar-refractivity contribution in [2.45, 2.75) is 57.4 Å². The first-order valence-corrected chi connectivity index (χ1v) is 7.17. The molecule has 0 spiro atoms. The largest absolute Gasteiger partial charge is 0.477 e. The number of carbonyl (C=O) groups excluding carboxylic acids is 1. The van der Waals surface area contributed by atoms with Crippen LogP contribution in [0.5, 0.6) is 0 Å². The van der Waals surface area contributed by atoms with Crippen LogP contribution in [0.3, 0.4) is 0 Å². The smallest absolute Gasteiger partial charge is 0.353 e. The van der Waals surface area contributed by atoms with E-state index in [0.29, 0.717) is 12.2 Å². The SMILES string of the molecule is CCCCCC(=O)NC1(c2ncc(C(=O)O)[nH]2)CCC1. The molecular formula is C14H21N3O3. The van der Waals surface area contributed by atoms with Gasteiger partial charge >= 0.3 is 5.97 Å². The highest BCUT2D eigenvalue weighted by atomic mass is 16.4. The van der Waals surface area contributed by atoms with Gasteiger partial charge in [-0.1, -0.05) is 19.8 Å². The number of aromatic nitrogens is 2. The van der Waals surface area contributed by atoms with Crippen LogP contribution in [0.2, 0.25) is 0 Å². The number of unbranched alkanes of at least 4 members (excludes halogenated alkanes) is 2. The molecule has 0 saturated heterocycles. The van der Waals surface area contributed by atoms with E-state index in [9.17, 15) is 9.59 Å². The van der Waals surface area contributed by atoms with Gasteiger partial charge in [0.1, 0.15) is 11.5 Å². The van der Waals surface area contributed by atoms with Gasteiger partial charge in [0.2, 0.25) is 5.91 Å². The summed E-state index contributed by atoms with van der Waals surface area (Å²) < 4.78 is 0. The Morgan fingerprint density at radius 1 is 1.45 bits per heavy atom. The topological polar surface area (TPSA) is 95.1 Å². The fourth-order valence-corrected chi connectivity index (χ4v) is 2.49.